The maximum absolute atomic E-state index is 12.4. The van der Waals surface area contributed by atoms with E-state index in [1.807, 2.05) is 32.0 Å². The average Bonchev–Trinajstić information content (AvgIpc) is 2.82. The van der Waals surface area contributed by atoms with Gasteiger partial charge in [0, 0.05) is 55.0 Å². The minimum absolute atomic E-state index is 0. The number of benzene rings is 2. The number of likely N-dealkylation sites (N-methyl/N-ethyl adjacent to an activating group) is 1. The van der Waals surface area contributed by atoms with Crippen molar-refractivity contribution in [3.05, 3.63) is 60.3 Å². The molecule has 188 valence electrons. The second-order valence-electron chi connectivity index (χ2n) is 8.66. The molecule has 0 aliphatic carbocycles. The van der Waals surface area contributed by atoms with E-state index in [9.17, 15) is 8.42 Å². The van der Waals surface area contributed by atoms with Crippen molar-refractivity contribution in [2.75, 3.05) is 54.5 Å². The second kappa shape index (κ2) is 11.7. The Labute approximate surface area is 214 Å². The van der Waals surface area contributed by atoms with Crippen LogP contribution in [-0.2, 0) is 9.84 Å². The molecule has 10 heteroatoms. The zero-order valence-corrected chi connectivity index (χ0v) is 22.0. The van der Waals surface area contributed by atoms with E-state index in [4.69, 9.17) is 0 Å². The molecular formula is C25H33ClN6O2S. The number of piperazine rings is 1. The summed E-state index contributed by atoms with van der Waals surface area (Å²) in [6.07, 6.45) is 2.32. The largest absolute Gasteiger partial charge is 0.369 e. The minimum atomic E-state index is -3.29. The van der Waals surface area contributed by atoms with E-state index in [0.29, 0.717) is 28.8 Å². The number of nitrogens with zero attached hydrogens (tertiary/aromatic N) is 4. The SMILES string of the molecule is CCCS(=O)(=O)c1cccc(Nc2nc(Nc3ccc(N4CCN(C)CC4)cc3)ncc2C)c1.Cl. The van der Waals surface area contributed by atoms with Crippen LogP contribution in [0.3, 0.4) is 0 Å². The molecule has 0 bridgehead atoms. The van der Waals surface area contributed by atoms with Gasteiger partial charge in [-0.1, -0.05) is 13.0 Å². The number of anilines is 5. The Kier molecular flexibility index (Phi) is 8.93. The molecule has 2 aromatic carbocycles. The van der Waals surface area contributed by atoms with Gasteiger partial charge in [-0.3, -0.25) is 0 Å². The average molecular weight is 517 g/mol. The molecule has 1 aliphatic heterocycles. The first-order chi connectivity index (χ1) is 16.3. The lowest BCUT2D eigenvalue weighted by Crippen LogP contribution is -2.44. The number of nitrogens with one attached hydrogen (secondary N) is 2. The van der Waals surface area contributed by atoms with Crippen molar-refractivity contribution in [1.82, 2.24) is 14.9 Å². The number of hydrogen-bond acceptors (Lipinski definition) is 8. The van der Waals surface area contributed by atoms with Crippen LogP contribution in [0.1, 0.15) is 18.9 Å². The van der Waals surface area contributed by atoms with Crippen LogP contribution in [0, 0.1) is 6.92 Å². The second-order valence-corrected chi connectivity index (χ2v) is 10.8. The Morgan fingerprint density at radius 2 is 1.69 bits per heavy atom. The lowest BCUT2D eigenvalue weighted by Gasteiger charge is -2.34. The first kappa shape index (κ1) is 26.7. The predicted octanol–water partition coefficient (Wildman–Crippen LogP) is 4.63. The highest BCUT2D eigenvalue weighted by atomic mass is 35.5. The van der Waals surface area contributed by atoms with Gasteiger partial charge in [0.15, 0.2) is 9.84 Å². The summed E-state index contributed by atoms with van der Waals surface area (Å²) >= 11 is 0. The Balaban J connectivity index is 0.00000342. The summed E-state index contributed by atoms with van der Waals surface area (Å²) in [5, 5.41) is 6.50. The van der Waals surface area contributed by atoms with Crippen LogP contribution < -0.4 is 15.5 Å². The molecule has 0 radical (unpaired) electrons. The van der Waals surface area contributed by atoms with Gasteiger partial charge >= 0.3 is 0 Å². The number of rotatable bonds is 8. The zero-order chi connectivity index (χ0) is 24.1. The number of halogens is 1. The van der Waals surface area contributed by atoms with Crippen molar-refractivity contribution in [1.29, 1.82) is 0 Å². The number of sulfone groups is 1. The monoisotopic (exact) mass is 516 g/mol. The van der Waals surface area contributed by atoms with Crippen molar-refractivity contribution >= 4 is 51.1 Å². The number of aromatic nitrogens is 2. The Morgan fingerprint density at radius 1 is 0.971 bits per heavy atom. The molecule has 1 aliphatic rings. The lowest BCUT2D eigenvalue weighted by molar-refractivity contribution is 0.313. The van der Waals surface area contributed by atoms with Crippen LogP contribution in [0.4, 0.5) is 28.8 Å². The molecule has 1 fully saturated rings. The summed E-state index contributed by atoms with van der Waals surface area (Å²) in [5.74, 6) is 1.22. The highest BCUT2D eigenvalue weighted by molar-refractivity contribution is 7.91. The molecular weight excluding hydrogens is 484 g/mol. The molecule has 0 saturated carbocycles. The fourth-order valence-corrected chi connectivity index (χ4v) is 5.23. The lowest BCUT2D eigenvalue weighted by atomic mass is 10.2. The first-order valence-electron chi connectivity index (χ1n) is 11.6. The summed E-state index contributed by atoms with van der Waals surface area (Å²) in [5.41, 5.74) is 3.64. The third-order valence-corrected chi connectivity index (χ3v) is 7.81. The summed E-state index contributed by atoms with van der Waals surface area (Å²) in [6, 6.07) is 15.1. The van der Waals surface area contributed by atoms with Crippen LogP contribution in [-0.4, -0.2) is 62.3 Å². The number of hydrogen-bond donors (Lipinski definition) is 2. The molecule has 2 heterocycles. The third-order valence-electron chi connectivity index (χ3n) is 5.89. The molecule has 1 saturated heterocycles. The first-order valence-corrected chi connectivity index (χ1v) is 13.2. The molecule has 0 atom stereocenters. The molecule has 1 aromatic heterocycles. The zero-order valence-electron chi connectivity index (χ0n) is 20.4. The highest BCUT2D eigenvalue weighted by Crippen LogP contribution is 2.25. The van der Waals surface area contributed by atoms with E-state index in [1.54, 1.807) is 24.4 Å². The molecule has 2 N–H and O–H groups in total. The molecule has 4 rings (SSSR count). The highest BCUT2D eigenvalue weighted by Gasteiger charge is 2.15. The fraction of sp³-hybridized carbons (Fsp3) is 0.360. The quantitative estimate of drug-likeness (QED) is 0.448. The fourth-order valence-electron chi connectivity index (χ4n) is 3.87. The maximum Gasteiger partial charge on any atom is 0.229 e. The van der Waals surface area contributed by atoms with E-state index < -0.39 is 9.84 Å². The van der Waals surface area contributed by atoms with Gasteiger partial charge in [-0.15, -0.1) is 12.4 Å². The normalized spacial score (nSPS) is 14.3. The van der Waals surface area contributed by atoms with Crippen molar-refractivity contribution < 1.29 is 8.42 Å². The topological polar surface area (TPSA) is 90.5 Å². The maximum atomic E-state index is 12.4. The Morgan fingerprint density at radius 3 is 2.37 bits per heavy atom. The molecule has 0 unspecified atom stereocenters. The van der Waals surface area contributed by atoms with Crippen LogP contribution in [0.5, 0.6) is 0 Å². The van der Waals surface area contributed by atoms with Gasteiger partial charge in [-0.2, -0.15) is 4.98 Å². The summed E-state index contributed by atoms with van der Waals surface area (Å²) in [4.78, 5) is 14.1. The summed E-state index contributed by atoms with van der Waals surface area (Å²) < 4.78 is 24.9. The van der Waals surface area contributed by atoms with Crippen molar-refractivity contribution in [2.45, 2.75) is 25.2 Å². The predicted molar refractivity (Wildman–Crippen MR) is 146 cm³/mol. The van der Waals surface area contributed by atoms with Crippen molar-refractivity contribution in [2.24, 2.45) is 0 Å². The Bertz CT molecular complexity index is 1230. The van der Waals surface area contributed by atoms with E-state index in [0.717, 1.165) is 37.4 Å². The van der Waals surface area contributed by atoms with E-state index in [2.05, 4.69) is 49.6 Å². The standard InChI is InChI=1S/C25H32N6O2S.ClH/c1-4-16-34(32,33)23-7-5-6-21(17-23)27-24-19(2)18-26-25(29-24)28-20-8-10-22(11-9-20)31-14-12-30(3)13-15-31;/h5-11,17-18H,4,12-16H2,1-3H3,(H2,26,27,28,29);1H. The minimum Gasteiger partial charge on any atom is -0.369 e. The molecule has 0 amide bonds. The number of aryl methyl sites for hydroxylation is 1. The van der Waals surface area contributed by atoms with Gasteiger partial charge in [0.25, 0.3) is 0 Å². The molecule has 35 heavy (non-hydrogen) atoms. The summed E-state index contributed by atoms with van der Waals surface area (Å²) in [7, 11) is -1.14. The smallest absolute Gasteiger partial charge is 0.229 e. The van der Waals surface area contributed by atoms with Crippen molar-refractivity contribution in [3.63, 3.8) is 0 Å². The van der Waals surface area contributed by atoms with E-state index in [-0.39, 0.29) is 18.2 Å². The Hall–Kier alpha value is -2.88. The van der Waals surface area contributed by atoms with Gasteiger partial charge in [0.2, 0.25) is 5.95 Å². The van der Waals surface area contributed by atoms with Gasteiger partial charge < -0.3 is 20.4 Å². The van der Waals surface area contributed by atoms with Gasteiger partial charge in [-0.25, -0.2) is 13.4 Å². The van der Waals surface area contributed by atoms with Gasteiger partial charge in [-0.05, 0) is 62.9 Å². The van der Waals surface area contributed by atoms with Crippen LogP contribution in [0.25, 0.3) is 0 Å². The van der Waals surface area contributed by atoms with E-state index in [1.165, 1.54) is 5.69 Å². The van der Waals surface area contributed by atoms with Crippen molar-refractivity contribution in [3.8, 4) is 0 Å². The molecule has 0 spiro atoms. The van der Waals surface area contributed by atoms with Crippen LogP contribution in [0.2, 0.25) is 0 Å². The van der Waals surface area contributed by atoms with Crippen LogP contribution >= 0.6 is 12.4 Å². The molecule has 3 aromatic rings. The third kappa shape index (κ3) is 6.84. The molecule has 8 nitrogen and oxygen atoms in total. The van der Waals surface area contributed by atoms with Gasteiger partial charge in [0.05, 0.1) is 10.6 Å². The summed E-state index contributed by atoms with van der Waals surface area (Å²) in [6.45, 7) is 7.97. The van der Waals surface area contributed by atoms with Crippen LogP contribution in [0.15, 0.2) is 59.6 Å². The van der Waals surface area contributed by atoms with E-state index >= 15 is 0 Å². The van der Waals surface area contributed by atoms with Gasteiger partial charge in [0.1, 0.15) is 5.82 Å².